The van der Waals surface area contributed by atoms with E-state index in [0.717, 1.165) is 21.9 Å². The number of aromatic carboxylic acids is 1. The van der Waals surface area contributed by atoms with Gasteiger partial charge in [-0.15, -0.1) is 11.3 Å². The van der Waals surface area contributed by atoms with Crippen molar-refractivity contribution in [1.82, 2.24) is 0 Å². The van der Waals surface area contributed by atoms with Gasteiger partial charge in [0.2, 0.25) is 0 Å². The van der Waals surface area contributed by atoms with Gasteiger partial charge in [-0.1, -0.05) is 6.07 Å². The molecule has 0 aliphatic heterocycles. The predicted molar refractivity (Wildman–Crippen MR) is 76.3 cm³/mol. The summed E-state index contributed by atoms with van der Waals surface area (Å²) >= 11 is 1.28. The van der Waals surface area contributed by atoms with Crippen LogP contribution in [0.1, 0.15) is 20.1 Å². The second kappa shape index (κ2) is 5.75. The molecule has 1 aromatic heterocycles. The Hall–Kier alpha value is -2.01. The fraction of sp³-hybridized carbons (Fsp3) is 0.214. The summed E-state index contributed by atoms with van der Waals surface area (Å²) in [6, 6.07) is 9.35. The number of carboxylic acids is 1. The van der Waals surface area contributed by atoms with E-state index in [9.17, 15) is 4.79 Å². The normalized spacial score (nSPS) is 10.2. The molecule has 1 heterocycles. The van der Waals surface area contributed by atoms with Crippen LogP contribution in [0.3, 0.4) is 0 Å². The van der Waals surface area contributed by atoms with Gasteiger partial charge < -0.3 is 15.2 Å². The quantitative estimate of drug-likeness (QED) is 0.879. The van der Waals surface area contributed by atoms with Gasteiger partial charge in [0.15, 0.2) is 0 Å². The summed E-state index contributed by atoms with van der Waals surface area (Å²) in [6.07, 6.45) is 0. The molecule has 2 N–H and O–H groups in total. The minimum absolute atomic E-state index is 0.355. The van der Waals surface area contributed by atoms with E-state index in [1.165, 1.54) is 11.3 Å². The van der Waals surface area contributed by atoms with Gasteiger partial charge in [-0.05, 0) is 36.8 Å². The summed E-state index contributed by atoms with van der Waals surface area (Å²) in [4.78, 5) is 12.1. The topological polar surface area (TPSA) is 58.6 Å². The molecule has 4 nitrogen and oxygen atoms in total. The highest BCUT2D eigenvalue weighted by atomic mass is 32.1. The number of rotatable bonds is 5. The third kappa shape index (κ3) is 3.26. The van der Waals surface area contributed by atoms with Crippen molar-refractivity contribution in [2.45, 2.75) is 13.5 Å². The minimum Gasteiger partial charge on any atom is -0.495 e. The summed E-state index contributed by atoms with van der Waals surface area (Å²) < 4.78 is 5.28. The molecular formula is C14H15NO3S. The number of thiophene rings is 1. The maximum absolute atomic E-state index is 10.8. The molecule has 0 spiro atoms. The van der Waals surface area contributed by atoms with E-state index in [-0.39, 0.29) is 0 Å². The van der Waals surface area contributed by atoms with E-state index in [1.54, 1.807) is 13.2 Å². The van der Waals surface area contributed by atoms with Crippen molar-refractivity contribution in [2.75, 3.05) is 12.4 Å². The molecule has 2 aromatic rings. The molecule has 100 valence electrons. The van der Waals surface area contributed by atoms with E-state index in [1.807, 2.05) is 31.2 Å². The average molecular weight is 277 g/mol. The van der Waals surface area contributed by atoms with Gasteiger partial charge in [-0.25, -0.2) is 4.79 Å². The fourth-order valence-corrected chi connectivity index (χ4v) is 2.52. The number of anilines is 1. The van der Waals surface area contributed by atoms with Crippen molar-refractivity contribution >= 4 is 23.0 Å². The number of carboxylic acid groups (broad SMARTS) is 1. The van der Waals surface area contributed by atoms with Crippen molar-refractivity contribution < 1.29 is 14.6 Å². The van der Waals surface area contributed by atoms with Crippen molar-refractivity contribution in [2.24, 2.45) is 0 Å². The predicted octanol–water partition coefficient (Wildman–Crippen LogP) is 3.38. The number of benzene rings is 1. The lowest BCUT2D eigenvalue weighted by Gasteiger charge is -2.11. The number of ether oxygens (including phenoxy) is 1. The maximum Gasteiger partial charge on any atom is 0.345 e. The van der Waals surface area contributed by atoms with Crippen LogP contribution in [-0.2, 0) is 6.54 Å². The van der Waals surface area contributed by atoms with E-state index in [4.69, 9.17) is 9.84 Å². The van der Waals surface area contributed by atoms with Crippen LogP contribution in [0.5, 0.6) is 5.75 Å². The number of aryl methyl sites for hydroxylation is 1. The van der Waals surface area contributed by atoms with Gasteiger partial charge in [0, 0.05) is 11.4 Å². The van der Waals surface area contributed by atoms with Gasteiger partial charge >= 0.3 is 5.97 Å². The summed E-state index contributed by atoms with van der Waals surface area (Å²) in [5, 5.41) is 12.1. The molecule has 0 amide bonds. The van der Waals surface area contributed by atoms with Crippen molar-refractivity contribution in [3.05, 3.63) is 45.6 Å². The summed E-state index contributed by atoms with van der Waals surface area (Å²) in [5.74, 6) is -0.106. The molecule has 5 heteroatoms. The lowest BCUT2D eigenvalue weighted by Crippen LogP contribution is -2.00. The Labute approximate surface area is 115 Å². The first-order valence-electron chi connectivity index (χ1n) is 5.80. The standard InChI is InChI=1S/C14H15NO3S/c1-9-3-5-12(18-2)11(7-9)15-8-10-4-6-13(19-10)14(16)17/h3-7,15H,8H2,1-2H3,(H,16,17). The Morgan fingerprint density at radius 1 is 1.37 bits per heavy atom. The zero-order valence-electron chi connectivity index (χ0n) is 10.8. The Morgan fingerprint density at radius 3 is 2.79 bits per heavy atom. The Morgan fingerprint density at radius 2 is 2.16 bits per heavy atom. The van der Waals surface area contributed by atoms with Crippen molar-refractivity contribution in [3.63, 3.8) is 0 Å². The van der Waals surface area contributed by atoms with Crippen LogP contribution in [-0.4, -0.2) is 18.2 Å². The van der Waals surface area contributed by atoms with Crippen LogP contribution < -0.4 is 10.1 Å². The lowest BCUT2D eigenvalue weighted by atomic mass is 10.2. The molecule has 0 aliphatic carbocycles. The molecule has 0 unspecified atom stereocenters. The Kier molecular flexibility index (Phi) is 4.06. The molecular weight excluding hydrogens is 262 g/mol. The highest BCUT2D eigenvalue weighted by molar-refractivity contribution is 7.13. The first-order chi connectivity index (χ1) is 9.10. The number of carbonyl (C=O) groups is 1. The van der Waals surface area contributed by atoms with Crippen molar-refractivity contribution in [1.29, 1.82) is 0 Å². The van der Waals surface area contributed by atoms with Gasteiger partial charge in [-0.2, -0.15) is 0 Å². The van der Waals surface area contributed by atoms with Gasteiger partial charge in [0.1, 0.15) is 10.6 Å². The number of nitrogens with one attached hydrogen (secondary N) is 1. The molecule has 2 rings (SSSR count). The van der Waals surface area contributed by atoms with E-state index < -0.39 is 5.97 Å². The van der Waals surface area contributed by atoms with E-state index >= 15 is 0 Å². The molecule has 0 radical (unpaired) electrons. The zero-order valence-corrected chi connectivity index (χ0v) is 11.6. The number of methoxy groups -OCH3 is 1. The van der Waals surface area contributed by atoms with E-state index in [0.29, 0.717) is 11.4 Å². The average Bonchev–Trinajstić information content (AvgIpc) is 2.85. The molecule has 0 saturated carbocycles. The van der Waals surface area contributed by atoms with Crippen LogP contribution >= 0.6 is 11.3 Å². The first kappa shape index (κ1) is 13.4. The van der Waals surface area contributed by atoms with Crippen LogP contribution in [0.2, 0.25) is 0 Å². The SMILES string of the molecule is COc1ccc(C)cc1NCc1ccc(C(=O)O)s1. The minimum atomic E-state index is -0.885. The van der Waals surface area contributed by atoms with E-state index in [2.05, 4.69) is 5.32 Å². The van der Waals surface area contributed by atoms with Gasteiger partial charge in [0.05, 0.1) is 12.8 Å². The molecule has 0 bridgehead atoms. The molecule has 0 aliphatic rings. The number of hydrogen-bond donors (Lipinski definition) is 2. The third-order valence-electron chi connectivity index (χ3n) is 2.68. The zero-order chi connectivity index (χ0) is 13.8. The lowest BCUT2D eigenvalue weighted by molar-refractivity contribution is 0.0702. The van der Waals surface area contributed by atoms with Crippen LogP contribution in [0.25, 0.3) is 0 Å². The summed E-state index contributed by atoms with van der Waals surface area (Å²) in [5.41, 5.74) is 2.05. The molecule has 0 atom stereocenters. The molecule has 0 fully saturated rings. The Bertz CT molecular complexity index is 592. The molecule has 19 heavy (non-hydrogen) atoms. The first-order valence-corrected chi connectivity index (χ1v) is 6.62. The third-order valence-corrected chi connectivity index (χ3v) is 3.75. The highest BCUT2D eigenvalue weighted by Gasteiger charge is 2.08. The molecule has 0 saturated heterocycles. The fourth-order valence-electron chi connectivity index (χ4n) is 1.73. The summed E-state index contributed by atoms with van der Waals surface area (Å²) in [7, 11) is 1.63. The van der Waals surface area contributed by atoms with Gasteiger partial charge in [0.25, 0.3) is 0 Å². The second-order valence-electron chi connectivity index (χ2n) is 4.13. The van der Waals surface area contributed by atoms with Gasteiger partial charge in [-0.3, -0.25) is 0 Å². The smallest absolute Gasteiger partial charge is 0.345 e. The highest BCUT2D eigenvalue weighted by Crippen LogP contribution is 2.26. The second-order valence-corrected chi connectivity index (χ2v) is 5.30. The Balaban J connectivity index is 2.09. The largest absolute Gasteiger partial charge is 0.495 e. The van der Waals surface area contributed by atoms with Crippen LogP contribution in [0.15, 0.2) is 30.3 Å². The number of hydrogen-bond acceptors (Lipinski definition) is 4. The summed E-state index contributed by atoms with van der Waals surface area (Å²) in [6.45, 7) is 2.59. The maximum atomic E-state index is 10.8. The monoisotopic (exact) mass is 277 g/mol. The molecule has 1 aromatic carbocycles. The van der Waals surface area contributed by atoms with Crippen LogP contribution in [0.4, 0.5) is 5.69 Å². The van der Waals surface area contributed by atoms with Crippen LogP contribution in [0, 0.1) is 6.92 Å². The van der Waals surface area contributed by atoms with Crippen molar-refractivity contribution in [3.8, 4) is 5.75 Å².